The number of nitrogens with one attached hydrogen (secondary N) is 1. The van der Waals surface area contributed by atoms with Gasteiger partial charge in [0.1, 0.15) is 11.5 Å². The molecule has 0 heterocycles. The summed E-state index contributed by atoms with van der Waals surface area (Å²) in [6.07, 6.45) is 0.965. The van der Waals surface area contributed by atoms with Crippen LogP contribution in [0, 0.1) is 5.92 Å². The number of methoxy groups -OCH3 is 1. The van der Waals surface area contributed by atoms with Gasteiger partial charge in [0.2, 0.25) is 0 Å². The standard InChI is InChI=1S/C21H25NO5/c1-15(2)12-13-26-19-8-4-16(5-9-19)21(24)27-14-20(23)22-17-6-10-18(25-3)11-7-17/h4-11,15H,12-14H2,1-3H3,(H,22,23). The van der Waals surface area contributed by atoms with Crippen molar-refractivity contribution in [2.75, 3.05) is 25.6 Å². The minimum atomic E-state index is -0.561. The predicted octanol–water partition coefficient (Wildman–Crippen LogP) is 3.92. The number of anilines is 1. The summed E-state index contributed by atoms with van der Waals surface area (Å²) in [4.78, 5) is 23.9. The van der Waals surface area contributed by atoms with E-state index in [2.05, 4.69) is 19.2 Å². The third-order valence-corrected chi connectivity index (χ3v) is 3.76. The lowest BCUT2D eigenvalue weighted by Gasteiger charge is -2.09. The first-order valence-electron chi connectivity index (χ1n) is 8.82. The summed E-state index contributed by atoms with van der Waals surface area (Å²) in [5.41, 5.74) is 0.961. The van der Waals surface area contributed by atoms with E-state index in [4.69, 9.17) is 14.2 Å². The lowest BCUT2D eigenvalue weighted by Crippen LogP contribution is -2.20. The van der Waals surface area contributed by atoms with Gasteiger partial charge in [-0.3, -0.25) is 4.79 Å². The molecule has 1 N–H and O–H groups in total. The van der Waals surface area contributed by atoms with Crippen LogP contribution in [0.1, 0.15) is 30.6 Å². The number of benzene rings is 2. The number of hydrogen-bond donors (Lipinski definition) is 1. The third-order valence-electron chi connectivity index (χ3n) is 3.76. The molecule has 27 heavy (non-hydrogen) atoms. The molecule has 144 valence electrons. The molecule has 0 aliphatic carbocycles. The van der Waals surface area contributed by atoms with Gasteiger partial charge in [-0.1, -0.05) is 13.8 Å². The Bertz CT molecular complexity index is 738. The highest BCUT2D eigenvalue weighted by Gasteiger charge is 2.11. The van der Waals surface area contributed by atoms with Crippen LogP contribution in [0.3, 0.4) is 0 Å². The smallest absolute Gasteiger partial charge is 0.338 e. The Morgan fingerprint density at radius 2 is 1.59 bits per heavy atom. The van der Waals surface area contributed by atoms with Crippen LogP contribution in [0.2, 0.25) is 0 Å². The van der Waals surface area contributed by atoms with Crippen LogP contribution in [-0.2, 0) is 9.53 Å². The van der Waals surface area contributed by atoms with Crippen LogP contribution >= 0.6 is 0 Å². The molecule has 0 spiro atoms. The maximum absolute atomic E-state index is 12.0. The highest BCUT2D eigenvalue weighted by atomic mass is 16.5. The highest BCUT2D eigenvalue weighted by molar-refractivity contribution is 5.95. The van der Waals surface area contributed by atoms with E-state index in [1.54, 1.807) is 55.6 Å². The number of esters is 1. The average molecular weight is 371 g/mol. The first-order valence-corrected chi connectivity index (χ1v) is 8.82. The van der Waals surface area contributed by atoms with Gasteiger partial charge in [0.05, 0.1) is 19.3 Å². The van der Waals surface area contributed by atoms with Gasteiger partial charge in [-0.05, 0) is 60.9 Å². The van der Waals surface area contributed by atoms with Gasteiger partial charge in [-0.25, -0.2) is 4.79 Å². The molecule has 2 rings (SSSR count). The van der Waals surface area contributed by atoms with Crippen molar-refractivity contribution in [1.29, 1.82) is 0 Å². The molecular weight excluding hydrogens is 346 g/mol. The van der Waals surface area contributed by atoms with Gasteiger partial charge in [0.15, 0.2) is 6.61 Å². The zero-order valence-electron chi connectivity index (χ0n) is 15.9. The van der Waals surface area contributed by atoms with Crippen molar-refractivity contribution in [2.24, 2.45) is 5.92 Å². The van der Waals surface area contributed by atoms with E-state index in [1.165, 1.54) is 0 Å². The fourth-order valence-corrected chi connectivity index (χ4v) is 2.19. The van der Waals surface area contributed by atoms with Gasteiger partial charge < -0.3 is 19.5 Å². The Kier molecular flexibility index (Phi) is 7.67. The molecular formula is C21H25NO5. The highest BCUT2D eigenvalue weighted by Crippen LogP contribution is 2.16. The van der Waals surface area contributed by atoms with Crippen LogP contribution in [0.5, 0.6) is 11.5 Å². The van der Waals surface area contributed by atoms with Crippen LogP contribution < -0.4 is 14.8 Å². The molecule has 0 fully saturated rings. The molecule has 6 nitrogen and oxygen atoms in total. The van der Waals surface area contributed by atoms with Crippen LogP contribution in [0.25, 0.3) is 0 Å². The van der Waals surface area contributed by atoms with E-state index in [0.29, 0.717) is 35.3 Å². The van der Waals surface area contributed by atoms with E-state index < -0.39 is 11.9 Å². The van der Waals surface area contributed by atoms with Crippen molar-refractivity contribution in [3.8, 4) is 11.5 Å². The Morgan fingerprint density at radius 1 is 0.963 bits per heavy atom. The second-order valence-corrected chi connectivity index (χ2v) is 6.41. The molecule has 1 amide bonds. The Morgan fingerprint density at radius 3 is 2.19 bits per heavy atom. The molecule has 0 aliphatic heterocycles. The maximum Gasteiger partial charge on any atom is 0.338 e. The summed E-state index contributed by atoms with van der Waals surface area (Å²) in [7, 11) is 1.57. The minimum Gasteiger partial charge on any atom is -0.497 e. The lowest BCUT2D eigenvalue weighted by atomic mass is 10.1. The van der Waals surface area contributed by atoms with Crippen molar-refractivity contribution in [3.05, 3.63) is 54.1 Å². The van der Waals surface area contributed by atoms with E-state index >= 15 is 0 Å². The number of carbonyl (C=O) groups is 2. The Labute approximate surface area is 159 Å². The van der Waals surface area contributed by atoms with Gasteiger partial charge in [0, 0.05) is 5.69 Å². The molecule has 6 heteroatoms. The summed E-state index contributed by atoms with van der Waals surface area (Å²) in [6, 6.07) is 13.5. The largest absolute Gasteiger partial charge is 0.497 e. The second kappa shape index (κ2) is 10.2. The second-order valence-electron chi connectivity index (χ2n) is 6.41. The zero-order chi connectivity index (χ0) is 19.6. The van der Waals surface area contributed by atoms with E-state index in [1.807, 2.05) is 0 Å². The first-order chi connectivity index (χ1) is 13.0. The predicted molar refractivity (Wildman–Crippen MR) is 103 cm³/mol. The zero-order valence-corrected chi connectivity index (χ0v) is 15.9. The quantitative estimate of drug-likeness (QED) is 0.677. The number of ether oxygens (including phenoxy) is 3. The Balaban J connectivity index is 1.77. The molecule has 0 unspecified atom stereocenters. The Hall–Kier alpha value is -3.02. The summed E-state index contributed by atoms with van der Waals surface area (Å²) in [5.74, 6) is 0.986. The number of amides is 1. The van der Waals surface area contributed by atoms with E-state index in [0.717, 1.165) is 6.42 Å². The summed E-state index contributed by atoms with van der Waals surface area (Å²) >= 11 is 0. The fraction of sp³-hybridized carbons (Fsp3) is 0.333. The normalized spacial score (nSPS) is 10.4. The van der Waals surface area contributed by atoms with Gasteiger partial charge in [-0.15, -0.1) is 0 Å². The van der Waals surface area contributed by atoms with Crippen LogP contribution in [0.4, 0.5) is 5.69 Å². The summed E-state index contributed by atoms with van der Waals surface area (Å²) in [5, 5.41) is 2.65. The van der Waals surface area contributed by atoms with Gasteiger partial charge in [-0.2, -0.15) is 0 Å². The molecule has 0 aliphatic rings. The molecule has 0 aromatic heterocycles. The van der Waals surface area contributed by atoms with E-state index in [9.17, 15) is 9.59 Å². The van der Waals surface area contributed by atoms with Gasteiger partial charge in [0.25, 0.3) is 5.91 Å². The van der Waals surface area contributed by atoms with Crippen molar-refractivity contribution < 1.29 is 23.8 Å². The monoisotopic (exact) mass is 371 g/mol. The number of rotatable bonds is 9. The van der Waals surface area contributed by atoms with E-state index in [-0.39, 0.29) is 6.61 Å². The summed E-state index contributed by atoms with van der Waals surface area (Å²) in [6.45, 7) is 4.53. The number of carbonyl (C=O) groups excluding carboxylic acids is 2. The van der Waals surface area contributed by atoms with Crippen LogP contribution in [0.15, 0.2) is 48.5 Å². The van der Waals surface area contributed by atoms with Crippen molar-refractivity contribution >= 4 is 17.6 Å². The SMILES string of the molecule is COc1ccc(NC(=O)COC(=O)c2ccc(OCCC(C)C)cc2)cc1. The molecule has 0 saturated heterocycles. The summed E-state index contributed by atoms with van der Waals surface area (Å²) < 4.78 is 15.7. The fourth-order valence-electron chi connectivity index (χ4n) is 2.19. The van der Waals surface area contributed by atoms with Crippen molar-refractivity contribution in [1.82, 2.24) is 0 Å². The molecule has 0 saturated carbocycles. The minimum absolute atomic E-state index is 0.364. The first kappa shape index (κ1) is 20.3. The van der Waals surface area contributed by atoms with Crippen molar-refractivity contribution in [3.63, 3.8) is 0 Å². The van der Waals surface area contributed by atoms with Gasteiger partial charge >= 0.3 is 5.97 Å². The molecule has 0 radical (unpaired) electrons. The third kappa shape index (κ3) is 7.01. The molecule has 2 aromatic carbocycles. The van der Waals surface area contributed by atoms with Crippen molar-refractivity contribution in [2.45, 2.75) is 20.3 Å². The topological polar surface area (TPSA) is 73.9 Å². The van der Waals surface area contributed by atoms with Crippen LogP contribution in [-0.4, -0.2) is 32.2 Å². The maximum atomic E-state index is 12.0. The molecule has 0 bridgehead atoms. The molecule has 2 aromatic rings. The number of hydrogen-bond acceptors (Lipinski definition) is 5. The lowest BCUT2D eigenvalue weighted by molar-refractivity contribution is -0.119. The molecule has 0 atom stereocenters. The average Bonchev–Trinajstić information content (AvgIpc) is 2.67.